The molecule has 1 aromatic carbocycles. The van der Waals surface area contributed by atoms with Gasteiger partial charge in [0.1, 0.15) is 12.4 Å². The monoisotopic (exact) mass is 335 g/mol. The maximum Gasteiger partial charge on any atom is 0.238 e. The Kier molecular flexibility index (Phi) is 5.77. The van der Waals surface area contributed by atoms with Crippen LogP contribution in [0.25, 0.3) is 0 Å². The molecule has 0 fully saturated rings. The SMILES string of the molecule is CCC(C)c1cc(S(N)(=O)=O)ccc1OCCS(C)(=O)=O. The number of nitrogens with two attached hydrogens (primary N) is 1. The van der Waals surface area contributed by atoms with Crippen molar-refractivity contribution >= 4 is 19.9 Å². The third-order valence-electron chi connectivity index (χ3n) is 3.16. The Labute approximate surface area is 126 Å². The van der Waals surface area contributed by atoms with Crippen LogP contribution in [0.1, 0.15) is 31.7 Å². The average Bonchev–Trinajstić information content (AvgIpc) is 2.35. The van der Waals surface area contributed by atoms with Crippen molar-refractivity contribution in [2.75, 3.05) is 18.6 Å². The Morgan fingerprint density at radius 1 is 1.24 bits per heavy atom. The van der Waals surface area contributed by atoms with Crippen molar-refractivity contribution in [3.05, 3.63) is 23.8 Å². The summed E-state index contributed by atoms with van der Waals surface area (Å²) in [7, 11) is -6.88. The Morgan fingerprint density at radius 2 is 1.86 bits per heavy atom. The quantitative estimate of drug-likeness (QED) is 0.808. The lowest BCUT2D eigenvalue weighted by Gasteiger charge is -2.16. The molecule has 0 bridgehead atoms. The van der Waals surface area contributed by atoms with E-state index in [4.69, 9.17) is 9.88 Å². The minimum atomic E-state index is -3.78. The summed E-state index contributed by atoms with van der Waals surface area (Å²) in [5.74, 6) is 0.462. The number of sulfone groups is 1. The lowest BCUT2D eigenvalue weighted by molar-refractivity contribution is 0.335. The van der Waals surface area contributed by atoms with Crippen molar-refractivity contribution in [1.82, 2.24) is 0 Å². The largest absolute Gasteiger partial charge is 0.492 e. The van der Waals surface area contributed by atoms with Crippen LogP contribution in [0.15, 0.2) is 23.1 Å². The van der Waals surface area contributed by atoms with E-state index < -0.39 is 19.9 Å². The number of sulfonamides is 1. The van der Waals surface area contributed by atoms with Crippen LogP contribution >= 0.6 is 0 Å². The van der Waals surface area contributed by atoms with Gasteiger partial charge in [-0.15, -0.1) is 0 Å². The Morgan fingerprint density at radius 3 is 2.33 bits per heavy atom. The molecule has 6 nitrogen and oxygen atoms in total. The molecule has 0 radical (unpaired) electrons. The van der Waals surface area contributed by atoms with E-state index in [0.717, 1.165) is 12.7 Å². The van der Waals surface area contributed by atoms with E-state index >= 15 is 0 Å². The van der Waals surface area contributed by atoms with Crippen molar-refractivity contribution in [3.63, 3.8) is 0 Å². The summed E-state index contributed by atoms with van der Waals surface area (Å²) in [5, 5.41) is 5.13. The molecule has 1 aromatic rings. The van der Waals surface area contributed by atoms with Gasteiger partial charge in [0.05, 0.1) is 10.6 Å². The van der Waals surface area contributed by atoms with Crippen molar-refractivity contribution in [2.24, 2.45) is 5.14 Å². The number of benzene rings is 1. The first kappa shape index (κ1) is 17.9. The van der Waals surface area contributed by atoms with Crippen molar-refractivity contribution in [1.29, 1.82) is 0 Å². The molecule has 0 saturated heterocycles. The zero-order valence-corrected chi connectivity index (χ0v) is 14.0. The summed E-state index contributed by atoms with van der Waals surface area (Å²) in [6.07, 6.45) is 1.92. The first-order valence-corrected chi connectivity index (χ1v) is 10.1. The molecule has 0 aromatic heterocycles. The van der Waals surface area contributed by atoms with Gasteiger partial charge in [-0.3, -0.25) is 0 Å². The molecule has 8 heteroatoms. The highest BCUT2D eigenvalue weighted by Crippen LogP contribution is 2.30. The van der Waals surface area contributed by atoms with E-state index in [9.17, 15) is 16.8 Å². The van der Waals surface area contributed by atoms with Gasteiger partial charge in [-0.2, -0.15) is 0 Å². The lowest BCUT2D eigenvalue weighted by atomic mass is 9.98. The third-order valence-corrected chi connectivity index (χ3v) is 4.98. The third kappa shape index (κ3) is 5.64. The number of rotatable bonds is 7. The van der Waals surface area contributed by atoms with Crippen LogP contribution in [-0.2, 0) is 19.9 Å². The van der Waals surface area contributed by atoms with E-state index in [1.807, 2.05) is 13.8 Å². The fourth-order valence-corrected chi connectivity index (χ4v) is 2.68. The topological polar surface area (TPSA) is 104 Å². The summed E-state index contributed by atoms with van der Waals surface area (Å²) in [6.45, 7) is 3.93. The van der Waals surface area contributed by atoms with E-state index in [2.05, 4.69) is 0 Å². The van der Waals surface area contributed by atoms with Gasteiger partial charge >= 0.3 is 0 Å². The fourth-order valence-electron chi connectivity index (χ4n) is 1.74. The van der Waals surface area contributed by atoms with Gasteiger partial charge in [-0.05, 0) is 36.1 Å². The molecule has 0 saturated carbocycles. The molecule has 0 aliphatic heterocycles. The Hall–Kier alpha value is -1.12. The first-order chi connectivity index (χ1) is 9.54. The van der Waals surface area contributed by atoms with Crippen molar-refractivity contribution in [3.8, 4) is 5.75 Å². The highest BCUT2D eigenvalue weighted by molar-refractivity contribution is 7.90. The standard InChI is InChI=1S/C13H21NO5S2/c1-4-10(2)12-9-11(21(14,17)18)5-6-13(12)19-7-8-20(3,15)16/h5-6,9-10H,4,7-8H2,1-3H3,(H2,14,17,18). The van der Waals surface area contributed by atoms with Gasteiger partial charge in [0.2, 0.25) is 10.0 Å². The summed E-state index contributed by atoms with van der Waals surface area (Å²) in [5.41, 5.74) is 0.706. The second-order valence-corrected chi connectivity index (χ2v) is 8.85. The maximum absolute atomic E-state index is 11.4. The molecule has 2 N–H and O–H groups in total. The molecule has 1 atom stereocenters. The molecule has 120 valence electrons. The van der Waals surface area contributed by atoms with Crippen LogP contribution in [0.2, 0.25) is 0 Å². The molecule has 0 spiro atoms. The van der Waals surface area contributed by atoms with Gasteiger partial charge in [0, 0.05) is 6.26 Å². The van der Waals surface area contributed by atoms with Gasteiger partial charge in [0.25, 0.3) is 0 Å². The Balaban J connectivity index is 3.08. The van der Waals surface area contributed by atoms with Gasteiger partial charge in [0.15, 0.2) is 9.84 Å². The van der Waals surface area contributed by atoms with Crippen LogP contribution in [-0.4, -0.2) is 35.5 Å². The minimum Gasteiger partial charge on any atom is -0.492 e. The van der Waals surface area contributed by atoms with E-state index in [1.54, 1.807) is 0 Å². The van der Waals surface area contributed by atoms with Gasteiger partial charge in [-0.1, -0.05) is 13.8 Å². The number of ether oxygens (including phenoxy) is 1. The first-order valence-electron chi connectivity index (χ1n) is 6.52. The Bertz CT molecular complexity index is 695. The fraction of sp³-hybridized carbons (Fsp3) is 0.538. The predicted octanol–water partition coefficient (Wildman–Crippen LogP) is 1.27. The molecule has 0 aliphatic rings. The second kappa shape index (κ2) is 6.76. The summed E-state index contributed by atoms with van der Waals surface area (Å²) >= 11 is 0. The van der Waals surface area contributed by atoms with Crippen LogP contribution in [0, 0.1) is 0 Å². The number of hydrogen-bond acceptors (Lipinski definition) is 5. The van der Waals surface area contributed by atoms with Gasteiger partial charge < -0.3 is 4.74 Å². The van der Waals surface area contributed by atoms with E-state index in [1.165, 1.54) is 18.2 Å². The van der Waals surface area contributed by atoms with E-state index in [0.29, 0.717) is 11.3 Å². The number of primary sulfonamides is 1. The van der Waals surface area contributed by atoms with Crippen LogP contribution in [0.3, 0.4) is 0 Å². The molecule has 0 heterocycles. The predicted molar refractivity (Wildman–Crippen MR) is 81.7 cm³/mol. The van der Waals surface area contributed by atoms with Gasteiger partial charge in [-0.25, -0.2) is 22.0 Å². The molecular weight excluding hydrogens is 314 g/mol. The second-order valence-electron chi connectivity index (χ2n) is 5.03. The van der Waals surface area contributed by atoms with Crippen LogP contribution in [0.5, 0.6) is 5.75 Å². The molecule has 1 unspecified atom stereocenters. The summed E-state index contributed by atoms with van der Waals surface area (Å²) in [4.78, 5) is 0.0215. The van der Waals surface area contributed by atoms with Crippen LogP contribution < -0.4 is 9.88 Å². The molecule has 1 rings (SSSR count). The molecule has 0 aliphatic carbocycles. The van der Waals surface area contributed by atoms with Crippen molar-refractivity contribution < 1.29 is 21.6 Å². The molecular formula is C13H21NO5S2. The normalized spacial score (nSPS) is 13.9. The summed E-state index contributed by atoms with van der Waals surface area (Å²) < 4.78 is 50.5. The smallest absolute Gasteiger partial charge is 0.238 e. The van der Waals surface area contributed by atoms with Crippen LogP contribution in [0.4, 0.5) is 0 Å². The molecule has 0 amide bonds. The van der Waals surface area contributed by atoms with Crippen molar-refractivity contribution in [2.45, 2.75) is 31.1 Å². The zero-order chi connectivity index (χ0) is 16.3. The lowest BCUT2D eigenvalue weighted by Crippen LogP contribution is -2.15. The average molecular weight is 335 g/mol. The minimum absolute atomic E-state index is 0.0215. The highest BCUT2D eigenvalue weighted by atomic mass is 32.2. The highest BCUT2D eigenvalue weighted by Gasteiger charge is 2.16. The maximum atomic E-state index is 11.4. The summed E-state index contributed by atoms with van der Waals surface area (Å²) in [6, 6.07) is 4.36. The number of hydrogen-bond donors (Lipinski definition) is 1. The van der Waals surface area contributed by atoms with E-state index in [-0.39, 0.29) is 23.2 Å². The molecule has 21 heavy (non-hydrogen) atoms. The zero-order valence-electron chi connectivity index (χ0n) is 12.4.